The van der Waals surface area contributed by atoms with Gasteiger partial charge in [-0.05, 0) is 38.8 Å². The number of carbonyl (C=O) groups is 1. The molecule has 0 fully saturated rings. The summed E-state index contributed by atoms with van der Waals surface area (Å²) in [4.78, 5) is 16.1. The molecule has 116 valence electrons. The van der Waals surface area contributed by atoms with E-state index in [2.05, 4.69) is 44.3 Å². The number of para-hydroxylation sites is 1. The van der Waals surface area contributed by atoms with Crippen LogP contribution < -0.4 is 15.1 Å². The van der Waals surface area contributed by atoms with Crippen molar-refractivity contribution in [2.24, 2.45) is 0 Å². The van der Waals surface area contributed by atoms with Crippen LogP contribution in [0.2, 0.25) is 0 Å². The summed E-state index contributed by atoms with van der Waals surface area (Å²) in [7, 11) is 0. The Morgan fingerprint density at radius 2 is 2.05 bits per heavy atom. The van der Waals surface area contributed by atoms with Gasteiger partial charge in [0, 0.05) is 11.7 Å². The second-order valence-corrected chi connectivity index (χ2v) is 5.93. The van der Waals surface area contributed by atoms with Crippen LogP contribution in [0.15, 0.2) is 24.3 Å². The number of nitrogens with two attached hydrogens (primary N) is 1. The molecule has 1 amide bonds. The number of nitrogens with one attached hydrogen (secondary N) is 1. The first kappa shape index (κ1) is 16.0. The van der Waals surface area contributed by atoms with Gasteiger partial charge in [0.15, 0.2) is 6.54 Å². The van der Waals surface area contributed by atoms with Crippen molar-refractivity contribution in [2.45, 2.75) is 33.2 Å². The number of amides is 1. The van der Waals surface area contributed by atoms with Crippen LogP contribution in [0.25, 0.3) is 0 Å². The largest absolute Gasteiger partial charge is 0.334 e. The summed E-state index contributed by atoms with van der Waals surface area (Å²) in [5.74, 6) is 0.238. The van der Waals surface area contributed by atoms with Crippen molar-refractivity contribution in [3.8, 4) is 0 Å². The molecule has 3 N–H and O–H groups in total. The summed E-state index contributed by atoms with van der Waals surface area (Å²) in [6.07, 6.45) is 0.978. The van der Waals surface area contributed by atoms with E-state index in [1.807, 2.05) is 11.0 Å². The highest BCUT2D eigenvalue weighted by molar-refractivity contribution is 5.96. The van der Waals surface area contributed by atoms with Crippen LogP contribution >= 0.6 is 0 Å². The van der Waals surface area contributed by atoms with Gasteiger partial charge in [-0.25, -0.2) is 0 Å². The summed E-state index contributed by atoms with van der Waals surface area (Å²) in [6, 6.07) is 8.56. The maximum Gasteiger partial charge on any atom is 0.282 e. The molecule has 1 heterocycles. The zero-order chi connectivity index (χ0) is 15.2. The van der Waals surface area contributed by atoms with E-state index in [-0.39, 0.29) is 11.9 Å². The number of anilines is 1. The predicted octanol–water partition coefficient (Wildman–Crippen LogP) is -0.548. The molecule has 0 radical (unpaired) electrons. The van der Waals surface area contributed by atoms with Gasteiger partial charge < -0.3 is 15.1 Å². The van der Waals surface area contributed by atoms with E-state index >= 15 is 0 Å². The van der Waals surface area contributed by atoms with Crippen LogP contribution in [0.4, 0.5) is 5.69 Å². The van der Waals surface area contributed by atoms with E-state index in [0.29, 0.717) is 6.54 Å². The molecule has 1 aliphatic heterocycles. The van der Waals surface area contributed by atoms with Crippen molar-refractivity contribution in [1.29, 1.82) is 0 Å². The molecule has 1 aromatic carbocycles. The van der Waals surface area contributed by atoms with Crippen molar-refractivity contribution in [1.82, 2.24) is 0 Å². The first-order valence-electron chi connectivity index (χ1n) is 8.22. The van der Waals surface area contributed by atoms with Gasteiger partial charge in [-0.3, -0.25) is 4.79 Å². The quantitative estimate of drug-likeness (QED) is 0.651. The summed E-state index contributed by atoms with van der Waals surface area (Å²) >= 11 is 0. The minimum absolute atomic E-state index is 0.238. The SMILES string of the molecule is CC[NH+](CC)CC[NH2+]CC(=O)N1c2ccccc2C[C@H]1C. The highest BCUT2D eigenvalue weighted by Gasteiger charge is 2.30. The molecule has 0 bridgehead atoms. The number of fused-ring (bicyclic) bond motifs is 1. The Bertz CT molecular complexity index is 471. The monoisotopic (exact) mass is 291 g/mol. The number of carbonyl (C=O) groups excluding carboxylic acids is 1. The van der Waals surface area contributed by atoms with Gasteiger partial charge in [0.2, 0.25) is 0 Å². The maximum atomic E-state index is 12.5. The molecule has 1 aromatic rings. The number of quaternary nitrogens is 2. The van der Waals surface area contributed by atoms with Gasteiger partial charge in [0.1, 0.15) is 13.1 Å². The predicted molar refractivity (Wildman–Crippen MR) is 85.7 cm³/mol. The van der Waals surface area contributed by atoms with E-state index in [0.717, 1.165) is 38.3 Å². The molecule has 0 aromatic heterocycles. The van der Waals surface area contributed by atoms with Gasteiger partial charge in [0.05, 0.1) is 13.1 Å². The zero-order valence-electron chi connectivity index (χ0n) is 13.6. The average molecular weight is 291 g/mol. The highest BCUT2D eigenvalue weighted by Crippen LogP contribution is 2.31. The Labute approximate surface area is 128 Å². The second-order valence-electron chi connectivity index (χ2n) is 5.93. The van der Waals surface area contributed by atoms with Crippen LogP contribution in [0.5, 0.6) is 0 Å². The standard InChI is InChI=1S/C17H27N3O/c1-4-19(5-2)11-10-18-13-17(21)20-14(3)12-15-8-6-7-9-16(15)20/h6-9,14,18H,4-5,10-13H2,1-3H3/p+2/t14-/m1/s1. The third-order valence-corrected chi connectivity index (χ3v) is 4.50. The molecule has 2 rings (SSSR count). The molecule has 0 aliphatic carbocycles. The first-order valence-corrected chi connectivity index (χ1v) is 8.22. The topological polar surface area (TPSA) is 41.4 Å². The lowest BCUT2D eigenvalue weighted by Gasteiger charge is -2.22. The fourth-order valence-corrected chi connectivity index (χ4v) is 3.18. The van der Waals surface area contributed by atoms with Crippen LogP contribution in [0.3, 0.4) is 0 Å². The molecular formula is C17H29N3O+2. The number of hydrogen-bond acceptors (Lipinski definition) is 1. The van der Waals surface area contributed by atoms with Crippen molar-refractivity contribution >= 4 is 11.6 Å². The fraction of sp³-hybridized carbons (Fsp3) is 0.588. The Hall–Kier alpha value is -1.39. The average Bonchev–Trinajstić information content (AvgIpc) is 2.83. The van der Waals surface area contributed by atoms with Crippen molar-refractivity contribution in [3.63, 3.8) is 0 Å². The number of likely N-dealkylation sites (N-methyl/N-ethyl adjacent to an activating group) is 1. The van der Waals surface area contributed by atoms with Gasteiger partial charge in [-0.2, -0.15) is 0 Å². The van der Waals surface area contributed by atoms with Gasteiger partial charge in [-0.1, -0.05) is 18.2 Å². The van der Waals surface area contributed by atoms with Gasteiger partial charge in [0.25, 0.3) is 5.91 Å². The minimum atomic E-state index is 0.238. The molecule has 1 aliphatic rings. The Balaban J connectivity index is 1.84. The molecular weight excluding hydrogens is 262 g/mol. The molecule has 0 saturated carbocycles. The van der Waals surface area contributed by atoms with Crippen LogP contribution in [-0.4, -0.2) is 44.7 Å². The molecule has 21 heavy (non-hydrogen) atoms. The summed E-state index contributed by atoms with van der Waals surface area (Å²) in [6.45, 7) is 11.6. The minimum Gasteiger partial charge on any atom is -0.334 e. The third kappa shape index (κ3) is 3.83. The number of hydrogen-bond donors (Lipinski definition) is 2. The molecule has 0 unspecified atom stereocenters. The Morgan fingerprint density at radius 3 is 2.76 bits per heavy atom. The van der Waals surface area contributed by atoms with Crippen molar-refractivity contribution in [2.75, 3.05) is 37.6 Å². The lowest BCUT2D eigenvalue weighted by Crippen LogP contribution is -3.14. The van der Waals surface area contributed by atoms with Crippen LogP contribution in [0, 0.1) is 0 Å². The highest BCUT2D eigenvalue weighted by atomic mass is 16.2. The number of nitrogens with zero attached hydrogens (tertiary/aromatic N) is 1. The van der Waals surface area contributed by atoms with Crippen molar-refractivity contribution < 1.29 is 15.0 Å². The lowest BCUT2D eigenvalue weighted by atomic mass is 10.1. The normalized spacial score (nSPS) is 17.3. The second kappa shape index (κ2) is 7.57. The molecule has 1 atom stereocenters. The maximum absolute atomic E-state index is 12.5. The molecule has 0 spiro atoms. The van der Waals surface area contributed by atoms with E-state index in [1.165, 1.54) is 5.56 Å². The summed E-state index contributed by atoms with van der Waals surface area (Å²) in [5, 5.41) is 2.15. The van der Waals surface area contributed by atoms with Gasteiger partial charge >= 0.3 is 0 Å². The van der Waals surface area contributed by atoms with E-state index < -0.39 is 0 Å². The molecule has 0 saturated heterocycles. The van der Waals surface area contributed by atoms with Crippen LogP contribution in [-0.2, 0) is 11.2 Å². The van der Waals surface area contributed by atoms with E-state index in [1.54, 1.807) is 4.90 Å². The fourth-order valence-electron chi connectivity index (χ4n) is 3.18. The Kier molecular flexibility index (Phi) is 5.76. The zero-order valence-corrected chi connectivity index (χ0v) is 13.6. The first-order chi connectivity index (χ1) is 10.2. The van der Waals surface area contributed by atoms with Crippen LogP contribution in [0.1, 0.15) is 26.3 Å². The third-order valence-electron chi connectivity index (χ3n) is 4.50. The number of benzene rings is 1. The molecule has 4 heteroatoms. The smallest absolute Gasteiger partial charge is 0.282 e. The lowest BCUT2D eigenvalue weighted by molar-refractivity contribution is -0.908. The summed E-state index contributed by atoms with van der Waals surface area (Å²) < 4.78 is 0. The number of rotatable bonds is 7. The van der Waals surface area contributed by atoms with E-state index in [9.17, 15) is 4.79 Å². The van der Waals surface area contributed by atoms with E-state index in [4.69, 9.17) is 0 Å². The Morgan fingerprint density at radius 1 is 1.33 bits per heavy atom. The van der Waals surface area contributed by atoms with Gasteiger partial charge in [-0.15, -0.1) is 0 Å². The van der Waals surface area contributed by atoms with Crippen molar-refractivity contribution in [3.05, 3.63) is 29.8 Å². The molecule has 4 nitrogen and oxygen atoms in total. The summed E-state index contributed by atoms with van der Waals surface area (Å²) in [5.41, 5.74) is 2.41.